The standard InChI is InChI=1S/C18H31N3O.C3H5N3O/c1-4-22-13-10-20-16-6-5-11-21(12-9-16)18-8-7-17(19-3)14-15(18)2;4-1-2(5)3(6)7/h7-8,14,16,19-20H,4-6,9-13H2,1-3H3;1,4-5H,(H2,6,7). The average Bonchev–Trinajstić information content (AvgIpc) is 2.96. The van der Waals surface area contributed by atoms with Crippen LogP contribution in [0.3, 0.4) is 0 Å². The number of rotatable bonds is 9. The topological polar surface area (TPSA) is 127 Å². The van der Waals surface area contributed by atoms with Gasteiger partial charge in [0.25, 0.3) is 5.91 Å². The van der Waals surface area contributed by atoms with Crippen LogP contribution in [0, 0.1) is 17.7 Å². The van der Waals surface area contributed by atoms with Gasteiger partial charge in [-0.2, -0.15) is 0 Å². The second-order valence-electron chi connectivity index (χ2n) is 6.94. The van der Waals surface area contributed by atoms with E-state index in [2.05, 4.69) is 46.4 Å². The minimum Gasteiger partial charge on any atom is -0.388 e. The molecule has 1 unspecified atom stereocenters. The van der Waals surface area contributed by atoms with Crippen molar-refractivity contribution in [2.45, 2.75) is 39.2 Å². The van der Waals surface area contributed by atoms with E-state index in [0.717, 1.165) is 32.8 Å². The summed E-state index contributed by atoms with van der Waals surface area (Å²) < 4.78 is 5.40. The Labute approximate surface area is 174 Å². The van der Waals surface area contributed by atoms with Crippen molar-refractivity contribution in [3.8, 4) is 0 Å². The molecule has 0 aromatic heterocycles. The summed E-state index contributed by atoms with van der Waals surface area (Å²) in [5.74, 6) is -0.866. The zero-order chi connectivity index (χ0) is 21.6. The highest BCUT2D eigenvalue weighted by molar-refractivity contribution is 6.58. The van der Waals surface area contributed by atoms with E-state index in [9.17, 15) is 4.79 Å². The molecule has 1 aliphatic heterocycles. The van der Waals surface area contributed by atoms with Crippen molar-refractivity contribution in [3.05, 3.63) is 23.8 Å². The van der Waals surface area contributed by atoms with Crippen LogP contribution in [0.25, 0.3) is 0 Å². The maximum absolute atomic E-state index is 9.78. The zero-order valence-corrected chi connectivity index (χ0v) is 17.9. The van der Waals surface area contributed by atoms with Gasteiger partial charge in [0.1, 0.15) is 5.71 Å². The van der Waals surface area contributed by atoms with Crippen LogP contribution in [0.1, 0.15) is 31.7 Å². The van der Waals surface area contributed by atoms with E-state index in [1.165, 1.54) is 36.2 Å². The second kappa shape index (κ2) is 13.7. The number of carbonyl (C=O) groups is 1. The number of nitrogens with two attached hydrogens (primary N) is 1. The molecular weight excluding hydrogens is 368 g/mol. The monoisotopic (exact) mass is 404 g/mol. The van der Waals surface area contributed by atoms with Gasteiger partial charge in [0.2, 0.25) is 0 Å². The molecule has 0 radical (unpaired) electrons. The molecule has 1 aromatic carbocycles. The third kappa shape index (κ3) is 9.06. The number of amides is 1. The Bertz CT molecular complexity index is 665. The second-order valence-corrected chi connectivity index (χ2v) is 6.94. The Morgan fingerprint density at radius 1 is 1.38 bits per heavy atom. The molecule has 2 rings (SSSR count). The van der Waals surface area contributed by atoms with Gasteiger partial charge in [-0.05, 0) is 56.9 Å². The number of benzene rings is 1. The average molecular weight is 405 g/mol. The number of nitrogens with zero attached hydrogens (tertiary/aromatic N) is 1. The Morgan fingerprint density at radius 3 is 2.69 bits per heavy atom. The highest BCUT2D eigenvalue weighted by atomic mass is 16.5. The fourth-order valence-corrected chi connectivity index (χ4v) is 3.26. The molecule has 8 heteroatoms. The molecule has 1 saturated heterocycles. The molecule has 1 aromatic rings. The van der Waals surface area contributed by atoms with Crippen molar-refractivity contribution in [3.63, 3.8) is 0 Å². The van der Waals surface area contributed by atoms with Gasteiger partial charge >= 0.3 is 0 Å². The molecule has 1 aliphatic rings. The maximum atomic E-state index is 9.78. The molecule has 8 nitrogen and oxygen atoms in total. The molecular formula is C21H36N6O2. The first-order valence-electron chi connectivity index (χ1n) is 10.2. The van der Waals surface area contributed by atoms with Crippen molar-refractivity contribution < 1.29 is 9.53 Å². The van der Waals surface area contributed by atoms with Crippen LogP contribution < -0.4 is 21.3 Å². The van der Waals surface area contributed by atoms with Crippen LogP contribution in [0.4, 0.5) is 11.4 Å². The predicted molar refractivity (Wildman–Crippen MR) is 121 cm³/mol. The quantitative estimate of drug-likeness (QED) is 0.318. The first-order valence-corrected chi connectivity index (χ1v) is 10.2. The molecule has 1 fully saturated rings. The van der Waals surface area contributed by atoms with Gasteiger partial charge in [0, 0.05) is 56.9 Å². The Morgan fingerprint density at radius 2 is 2.14 bits per heavy atom. The van der Waals surface area contributed by atoms with Crippen molar-refractivity contribution >= 4 is 29.2 Å². The fraction of sp³-hybridized carbons (Fsp3) is 0.571. The molecule has 0 bridgehead atoms. The summed E-state index contributed by atoms with van der Waals surface area (Å²) in [6.45, 7) is 9.14. The number of ether oxygens (including phenoxy) is 1. The first-order chi connectivity index (χ1) is 13.9. The third-order valence-corrected chi connectivity index (χ3v) is 4.85. The zero-order valence-electron chi connectivity index (χ0n) is 17.9. The van der Waals surface area contributed by atoms with E-state index < -0.39 is 11.6 Å². The van der Waals surface area contributed by atoms with Gasteiger partial charge in [-0.15, -0.1) is 0 Å². The Kier molecular flexibility index (Phi) is 11.6. The van der Waals surface area contributed by atoms with E-state index in [4.69, 9.17) is 15.6 Å². The number of hydrogen-bond donors (Lipinski definition) is 5. The van der Waals surface area contributed by atoms with Crippen molar-refractivity contribution in [1.29, 1.82) is 10.8 Å². The summed E-state index contributed by atoms with van der Waals surface area (Å²) in [4.78, 5) is 12.3. The Balaban J connectivity index is 0.000000516. The summed E-state index contributed by atoms with van der Waals surface area (Å²) in [6.07, 6.45) is 4.32. The minimum absolute atomic E-state index is 0.472. The van der Waals surface area contributed by atoms with Gasteiger partial charge in [0.15, 0.2) is 0 Å². The molecule has 0 spiro atoms. The highest BCUT2D eigenvalue weighted by Gasteiger charge is 2.18. The van der Waals surface area contributed by atoms with Crippen molar-refractivity contribution in [2.75, 3.05) is 50.1 Å². The summed E-state index contributed by atoms with van der Waals surface area (Å²) in [6, 6.07) is 7.29. The number of anilines is 2. The van der Waals surface area contributed by atoms with Crippen LogP contribution in [0.15, 0.2) is 18.2 Å². The number of nitrogens with one attached hydrogen (secondary N) is 4. The molecule has 1 atom stereocenters. The van der Waals surface area contributed by atoms with Crippen LogP contribution >= 0.6 is 0 Å². The van der Waals surface area contributed by atoms with Gasteiger partial charge in [-0.25, -0.2) is 0 Å². The van der Waals surface area contributed by atoms with Crippen LogP contribution in [-0.4, -0.2) is 63.8 Å². The number of aryl methyl sites for hydroxylation is 1. The smallest absolute Gasteiger partial charge is 0.268 e. The van der Waals surface area contributed by atoms with E-state index in [1.54, 1.807) is 0 Å². The van der Waals surface area contributed by atoms with Crippen molar-refractivity contribution in [2.24, 2.45) is 5.73 Å². The highest BCUT2D eigenvalue weighted by Crippen LogP contribution is 2.26. The summed E-state index contributed by atoms with van der Waals surface area (Å²) >= 11 is 0. The molecule has 1 amide bonds. The lowest BCUT2D eigenvalue weighted by molar-refractivity contribution is -0.111. The van der Waals surface area contributed by atoms with E-state index >= 15 is 0 Å². The van der Waals surface area contributed by atoms with Crippen molar-refractivity contribution in [1.82, 2.24) is 5.32 Å². The number of hydrogen-bond acceptors (Lipinski definition) is 7. The largest absolute Gasteiger partial charge is 0.388 e. The predicted octanol–water partition coefficient (Wildman–Crippen LogP) is 2.16. The van der Waals surface area contributed by atoms with E-state index in [1.807, 2.05) is 14.0 Å². The maximum Gasteiger partial charge on any atom is 0.268 e. The van der Waals surface area contributed by atoms with E-state index in [-0.39, 0.29) is 0 Å². The number of primary amides is 1. The summed E-state index contributed by atoms with van der Waals surface area (Å²) in [5.41, 5.74) is 7.99. The molecule has 0 saturated carbocycles. The minimum atomic E-state index is -0.866. The fourth-order valence-electron chi connectivity index (χ4n) is 3.26. The lowest BCUT2D eigenvalue weighted by atomic mass is 10.1. The Hall–Kier alpha value is -2.45. The van der Waals surface area contributed by atoms with Gasteiger partial charge in [-0.3, -0.25) is 10.2 Å². The summed E-state index contributed by atoms with van der Waals surface area (Å²) in [5, 5.41) is 19.6. The first kappa shape index (κ1) is 24.6. The SMILES string of the molecule is CCOCCNC1CCCN(c2ccc(NC)cc2C)CC1.N=CC(=N)C(N)=O. The van der Waals surface area contributed by atoms with Crippen LogP contribution in [-0.2, 0) is 9.53 Å². The normalized spacial score (nSPS) is 16.2. The van der Waals surface area contributed by atoms with Gasteiger partial charge in [-0.1, -0.05) is 0 Å². The molecule has 6 N–H and O–H groups in total. The van der Waals surface area contributed by atoms with Gasteiger partial charge < -0.3 is 31.4 Å². The molecule has 29 heavy (non-hydrogen) atoms. The van der Waals surface area contributed by atoms with Gasteiger partial charge in [0.05, 0.1) is 6.61 Å². The molecule has 0 aliphatic carbocycles. The van der Waals surface area contributed by atoms with E-state index in [0.29, 0.717) is 12.3 Å². The molecule has 162 valence electrons. The van der Waals surface area contributed by atoms with Crippen LogP contribution in [0.2, 0.25) is 0 Å². The van der Waals surface area contributed by atoms with Crippen LogP contribution in [0.5, 0.6) is 0 Å². The molecule has 1 heterocycles. The lowest BCUT2D eigenvalue weighted by Crippen LogP contribution is -2.33. The summed E-state index contributed by atoms with van der Waals surface area (Å²) in [7, 11) is 1.97. The third-order valence-electron chi connectivity index (χ3n) is 4.85. The lowest BCUT2D eigenvalue weighted by Gasteiger charge is -2.25. The number of carbonyl (C=O) groups excluding carboxylic acids is 1.